The fraction of sp³-hybridized carbons (Fsp3) is 0.625. The SMILES string of the molecule is C=CC(=O)OS.COCCOCCO. The second-order valence-electron chi connectivity index (χ2n) is 1.94. The lowest BCUT2D eigenvalue weighted by atomic mass is 10.7. The number of carbonyl (C=O) groups is 1. The predicted octanol–water partition coefficient (Wildman–Crippen LogP) is 0.202. The zero-order chi connectivity index (χ0) is 11.2. The van der Waals surface area contributed by atoms with E-state index in [0.29, 0.717) is 19.8 Å². The zero-order valence-electron chi connectivity index (χ0n) is 8.14. The van der Waals surface area contributed by atoms with E-state index in [9.17, 15) is 4.79 Å². The Hall–Kier alpha value is -0.560. The van der Waals surface area contributed by atoms with Gasteiger partial charge in [-0.3, -0.25) is 0 Å². The Morgan fingerprint density at radius 1 is 1.50 bits per heavy atom. The van der Waals surface area contributed by atoms with Gasteiger partial charge in [-0.1, -0.05) is 6.58 Å². The molecule has 0 unspecified atom stereocenters. The fourth-order valence-corrected chi connectivity index (χ4v) is 0.421. The van der Waals surface area contributed by atoms with Crippen LogP contribution in [0.4, 0.5) is 0 Å². The van der Waals surface area contributed by atoms with Gasteiger partial charge in [0.25, 0.3) is 0 Å². The Labute approximate surface area is 89.3 Å². The molecule has 5 nitrogen and oxygen atoms in total. The van der Waals surface area contributed by atoms with Crippen molar-refractivity contribution in [2.75, 3.05) is 33.5 Å². The summed E-state index contributed by atoms with van der Waals surface area (Å²) < 4.78 is 13.4. The Balaban J connectivity index is 0. The third-order valence-electron chi connectivity index (χ3n) is 0.924. The van der Waals surface area contributed by atoms with Gasteiger partial charge >= 0.3 is 5.97 Å². The second-order valence-corrected chi connectivity index (χ2v) is 2.13. The molecule has 0 radical (unpaired) electrons. The van der Waals surface area contributed by atoms with Crippen molar-refractivity contribution in [3.8, 4) is 0 Å². The Kier molecular flexibility index (Phi) is 17.0. The molecule has 0 fully saturated rings. The maximum Gasteiger partial charge on any atom is 0.341 e. The summed E-state index contributed by atoms with van der Waals surface area (Å²) in [5.74, 6) is -0.529. The van der Waals surface area contributed by atoms with Gasteiger partial charge in [0.1, 0.15) is 0 Å². The number of methoxy groups -OCH3 is 1. The van der Waals surface area contributed by atoms with Crippen LogP contribution in [-0.4, -0.2) is 44.6 Å². The minimum atomic E-state index is -0.529. The maximum atomic E-state index is 9.76. The molecule has 0 saturated heterocycles. The highest BCUT2D eigenvalue weighted by Gasteiger charge is 1.83. The van der Waals surface area contributed by atoms with Crippen molar-refractivity contribution in [3.63, 3.8) is 0 Å². The van der Waals surface area contributed by atoms with Crippen LogP contribution >= 0.6 is 12.9 Å². The largest absolute Gasteiger partial charge is 0.394 e. The number of hydrogen-bond acceptors (Lipinski definition) is 6. The molecule has 0 spiro atoms. The molecular formula is C8H16O5S. The summed E-state index contributed by atoms with van der Waals surface area (Å²) in [4.78, 5) is 9.76. The summed E-state index contributed by atoms with van der Waals surface area (Å²) in [6.07, 6.45) is 1.03. The molecule has 0 atom stereocenters. The van der Waals surface area contributed by atoms with Crippen LogP contribution in [0.2, 0.25) is 0 Å². The van der Waals surface area contributed by atoms with Gasteiger partial charge in [0.15, 0.2) is 0 Å². The van der Waals surface area contributed by atoms with Gasteiger partial charge in [-0.15, -0.1) is 0 Å². The number of carbonyl (C=O) groups excluding carboxylic acids is 1. The minimum absolute atomic E-state index is 0.0870. The van der Waals surface area contributed by atoms with Crippen molar-refractivity contribution in [1.29, 1.82) is 0 Å². The average molecular weight is 224 g/mol. The Morgan fingerprint density at radius 2 is 2.14 bits per heavy atom. The van der Waals surface area contributed by atoms with Crippen LogP contribution in [0.25, 0.3) is 0 Å². The molecule has 0 aromatic heterocycles. The van der Waals surface area contributed by atoms with E-state index in [-0.39, 0.29) is 6.61 Å². The molecular weight excluding hydrogens is 208 g/mol. The Morgan fingerprint density at radius 3 is 2.43 bits per heavy atom. The van der Waals surface area contributed by atoms with E-state index >= 15 is 0 Å². The summed E-state index contributed by atoms with van der Waals surface area (Å²) in [5.41, 5.74) is 0. The van der Waals surface area contributed by atoms with Gasteiger partial charge in [-0.05, 0) is 0 Å². The summed E-state index contributed by atoms with van der Waals surface area (Å²) >= 11 is 3.17. The third-order valence-corrected chi connectivity index (χ3v) is 1.10. The lowest BCUT2D eigenvalue weighted by molar-refractivity contribution is -0.127. The number of thiol groups is 1. The minimum Gasteiger partial charge on any atom is -0.394 e. The molecule has 6 heteroatoms. The van der Waals surface area contributed by atoms with Gasteiger partial charge in [-0.2, -0.15) is 0 Å². The first-order valence-corrected chi connectivity index (χ1v) is 4.24. The van der Waals surface area contributed by atoms with E-state index in [2.05, 4.69) is 28.4 Å². The summed E-state index contributed by atoms with van der Waals surface area (Å²) in [5, 5.41) is 8.20. The van der Waals surface area contributed by atoms with Crippen molar-refractivity contribution in [1.82, 2.24) is 0 Å². The van der Waals surface area contributed by atoms with Crippen LogP contribution in [0, 0.1) is 0 Å². The number of hydrogen-bond donors (Lipinski definition) is 2. The van der Waals surface area contributed by atoms with Crippen molar-refractivity contribution in [2.45, 2.75) is 0 Å². The van der Waals surface area contributed by atoms with Crippen molar-refractivity contribution in [2.24, 2.45) is 0 Å². The standard InChI is InChI=1S/C5H12O3.C3H4O2S/c1-7-4-5-8-3-2-6;1-2-3(4)5-6/h6H,2-5H2,1H3;2,6H,1H2. The molecule has 1 N–H and O–H groups in total. The van der Waals surface area contributed by atoms with E-state index in [1.54, 1.807) is 7.11 Å². The third kappa shape index (κ3) is 17.5. The molecule has 0 heterocycles. The van der Waals surface area contributed by atoms with Crippen LogP contribution < -0.4 is 0 Å². The molecule has 0 aliphatic carbocycles. The van der Waals surface area contributed by atoms with E-state index in [0.717, 1.165) is 6.08 Å². The normalized spacial score (nSPS) is 8.50. The molecule has 0 bridgehead atoms. The van der Waals surface area contributed by atoms with E-state index in [1.807, 2.05) is 0 Å². The number of aliphatic hydroxyl groups excluding tert-OH is 1. The lowest BCUT2D eigenvalue weighted by Crippen LogP contribution is -2.05. The van der Waals surface area contributed by atoms with Crippen molar-refractivity contribution < 1.29 is 23.6 Å². The molecule has 14 heavy (non-hydrogen) atoms. The number of ether oxygens (including phenoxy) is 2. The van der Waals surface area contributed by atoms with E-state index in [1.165, 1.54) is 0 Å². The van der Waals surface area contributed by atoms with Crippen LogP contribution in [0.15, 0.2) is 12.7 Å². The van der Waals surface area contributed by atoms with Gasteiger partial charge in [-0.25, -0.2) is 4.79 Å². The highest BCUT2D eigenvalue weighted by molar-refractivity contribution is 7.75. The molecule has 84 valence electrons. The lowest BCUT2D eigenvalue weighted by Gasteiger charge is -1.98. The summed E-state index contributed by atoms with van der Waals surface area (Å²) in [7, 11) is 1.61. The molecule has 0 saturated carbocycles. The highest BCUT2D eigenvalue weighted by atomic mass is 32.1. The maximum absolute atomic E-state index is 9.76. The quantitative estimate of drug-likeness (QED) is 0.292. The average Bonchev–Trinajstić information content (AvgIpc) is 2.24. The van der Waals surface area contributed by atoms with Crippen LogP contribution in [0.3, 0.4) is 0 Å². The zero-order valence-corrected chi connectivity index (χ0v) is 9.03. The van der Waals surface area contributed by atoms with Crippen molar-refractivity contribution in [3.05, 3.63) is 12.7 Å². The molecule has 0 aromatic rings. The van der Waals surface area contributed by atoms with Gasteiger partial charge < -0.3 is 18.8 Å². The first kappa shape index (κ1) is 15.9. The predicted molar refractivity (Wildman–Crippen MR) is 55.1 cm³/mol. The summed E-state index contributed by atoms with van der Waals surface area (Å²) in [6, 6.07) is 0. The molecule has 0 aliphatic rings. The summed E-state index contributed by atoms with van der Waals surface area (Å²) in [6.45, 7) is 4.76. The Bertz CT molecular complexity index is 134. The molecule has 0 aromatic carbocycles. The highest BCUT2D eigenvalue weighted by Crippen LogP contribution is 1.78. The van der Waals surface area contributed by atoms with Gasteiger partial charge in [0, 0.05) is 26.1 Å². The number of rotatable bonds is 6. The molecule has 0 amide bonds. The first-order chi connectivity index (χ1) is 6.72. The van der Waals surface area contributed by atoms with Gasteiger partial charge in [0.05, 0.1) is 26.4 Å². The van der Waals surface area contributed by atoms with Crippen LogP contribution in [-0.2, 0) is 18.5 Å². The van der Waals surface area contributed by atoms with Gasteiger partial charge in [0.2, 0.25) is 0 Å². The molecule has 0 rings (SSSR count). The monoisotopic (exact) mass is 224 g/mol. The molecule has 0 aliphatic heterocycles. The number of aliphatic hydroxyl groups is 1. The topological polar surface area (TPSA) is 65.0 Å². The fourth-order valence-electron chi connectivity index (χ4n) is 0.346. The van der Waals surface area contributed by atoms with Crippen LogP contribution in [0.1, 0.15) is 0 Å². The van der Waals surface area contributed by atoms with E-state index < -0.39 is 5.97 Å². The van der Waals surface area contributed by atoms with Crippen molar-refractivity contribution >= 4 is 18.9 Å². The van der Waals surface area contributed by atoms with Crippen LogP contribution in [0.5, 0.6) is 0 Å². The smallest absolute Gasteiger partial charge is 0.341 e. The second kappa shape index (κ2) is 14.9. The van der Waals surface area contributed by atoms with E-state index in [4.69, 9.17) is 9.84 Å². The first-order valence-electron chi connectivity index (χ1n) is 3.88.